The van der Waals surface area contributed by atoms with Gasteiger partial charge in [-0.05, 0) is 55.5 Å². The smallest absolute Gasteiger partial charge is 0.144 e. The van der Waals surface area contributed by atoms with Crippen LogP contribution < -0.4 is 0 Å². The third-order valence-corrected chi connectivity index (χ3v) is 6.10. The number of hydrogen-bond donors (Lipinski definition) is 0. The molecule has 1 fully saturated rings. The number of ether oxygens (including phenoxy) is 1. The van der Waals surface area contributed by atoms with Gasteiger partial charge in [0, 0.05) is 31.4 Å². The van der Waals surface area contributed by atoms with Crippen LogP contribution in [0.4, 0.5) is 0 Å². The molecule has 0 aliphatic carbocycles. The minimum Gasteiger partial charge on any atom is -0.362 e. The maximum absolute atomic E-state index is 6.73. The van der Waals surface area contributed by atoms with Crippen LogP contribution in [-0.4, -0.2) is 40.7 Å². The molecule has 1 saturated heterocycles. The number of piperidine rings is 1. The summed E-state index contributed by atoms with van der Waals surface area (Å²) in [7, 11) is 2.18. The first kappa shape index (κ1) is 19.1. The molecular weight excluding hydrogens is 370 g/mol. The standard InChI is InChI=1S/C26H27N3O/c1-28-16-14-23(15-17-28)30-25-24-10-6-5-9-21(24)13-18-29-19-22(27-26(25)29)12-11-20-7-3-2-4-8-20/h2-10,19,23,25H,13-18H2,1H3. The van der Waals surface area contributed by atoms with E-state index in [1.54, 1.807) is 0 Å². The molecule has 1 aromatic heterocycles. The van der Waals surface area contributed by atoms with Crippen LogP contribution in [0.2, 0.25) is 0 Å². The number of fused-ring (bicyclic) bond motifs is 2. The molecule has 2 aromatic carbocycles. The number of nitrogens with zero attached hydrogens (tertiary/aromatic N) is 3. The Balaban J connectivity index is 1.48. The number of aromatic nitrogens is 2. The van der Waals surface area contributed by atoms with Crippen molar-refractivity contribution in [3.63, 3.8) is 0 Å². The SMILES string of the molecule is CN1CCC(OC2c3ccccc3CCn3cc(C#Cc4ccccc4)nc32)CC1. The number of aryl methyl sites for hydroxylation is 2. The predicted molar refractivity (Wildman–Crippen MR) is 118 cm³/mol. The highest BCUT2D eigenvalue weighted by molar-refractivity contribution is 5.41. The Hall–Kier alpha value is -2.87. The van der Waals surface area contributed by atoms with Gasteiger partial charge in [0.2, 0.25) is 0 Å². The third kappa shape index (κ3) is 4.05. The molecule has 3 heterocycles. The summed E-state index contributed by atoms with van der Waals surface area (Å²) >= 11 is 0. The van der Waals surface area contributed by atoms with Gasteiger partial charge in [-0.2, -0.15) is 0 Å². The summed E-state index contributed by atoms with van der Waals surface area (Å²) in [4.78, 5) is 7.31. The predicted octanol–water partition coefficient (Wildman–Crippen LogP) is 4.04. The van der Waals surface area contributed by atoms with Gasteiger partial charge in [-0.25, -0.2) is 4.98 Å². The average Bonchev–Trinajstić information content (AvgIpc) is 3.14. The maximum atomic E-state index is 6.73. The van der Waals surface area contributed by atoms with Crippen molar-refractivity contribution in [2.24, 2.45) is 0 Å². The Morgan fingerprint density at radius 2 is 1.70 bits per heavy atom. The summed E-state index contributed by atoms with van der Waals surface area (Å²) < 4.78 is 8.98. The van der Waals surface area contributed by atoms with Gasteiger partial charge in [0.25, 0.3) is 0 Å². The van der Waals surface area contributed by atoms with Crippen LogP contribution in [0, 0.1) is 11.8 Å². The lowest BCUT2D eigenvalue weighted by Gasteiger charge is -2.32. The number of hydrogen-bond acceptors (Lipinski definition) is 3. The van der Waals surface area contributed by atoms with Crippen molar-refractivity contribution in [1.82, 2.24) is 14.5 Å². The molecule has 4 heteroatoms. The first-order valence-electron chi connectivity index (χ1n) is 10.8. The van der Waals surface area contributed by atoms with Crippen LogP contribution in [0.1, 0.15) is 47.2 Å². The molecule has 5 rings (SSSR count). The lowest BCUT2D eigenvalue weighted by atomic mass is 10.00. The third-order valence-electron chi connectivity index (χ3n) is 6.10. The largest absolute Gasteiger partial charge is 0.362 e. The molecule has 0 saturated carbocycles. The first-order valence-corrected chi connectivity index (χ1v) is 10.8. The van der Waals surface area contributed by atoms with Gasteiger partial charge in [-0.1, -0.05) is 48.4 Å². The molecule has 152 valence electrons. The van der Waals surface area contributed by atoms with E-state index in [0.29, 0.717) is 0 Å². The molecule has 3 aromatic rings. The van der Waals surface area contributed by atoms with E-state index in [0.717, 1.165) is 56.0 Å². The van der Waals surface area contributed by atoms with Gasteiger partial charge in [0.05, 0.1) is 6.10 Å². The Kier molecular flexibility index (Phi) is 5.40. The van der Waals surface area contributed by atoms with E-state index in [1.165, 1.54) is 11.1 Å². The summed E-state index contributed by atoms with van der Waals surface area (Å²) in [6, 6.07) is 18.7. The lowest BCUT2D eigenvalue weighted by Crippen LogP contribution is -2.35. The summed E-state index contributed by atoms with van der Waals surface area (Å²) in [6.45, 7) is 3.07. The lowest BCUT2D eigenvalue weighted by molar-refractivity contribution is -0.0275. The number of likely N-dealkylation sites (tertiary alicyclic amines) is 1. The van der Waals surface area contributed by atoms with E-state index < -0.39 is 0 Å². The summed E-state index contributed by atoms with van der Waals surface area (Å²) in [5.74, 6) is 7.46. The van der Waals surface area contributed by atoms with Crippen LogP contribution in [0.15, 0.2) is 60.8 Å². The Morgan fingerprint density at radius 1 is 0.933 bits per heavy atom. The highest BCUT2D eigenvalue weighted by Gasteiger charge is 2.30. The van der Waals surface area contributed by atoms with E-state index >= 15 is 0 Å². The zero-order valence-corrected chi connectivity index (χ0v) is 17.4. The van der Waals surface area contributed by atoms with Crippen molar-refractivity contribution in [3.8, 4) is 11.8 Å². The Labute approximate surface area is 178 Å². The maximum Gasteiger partial charge on any atom is 0.144 e. The van der Waals surface area contributed by atoms with Crippen LogP contribution >= 0.6 is 0 Å². The zero-order valence-electron chi connectivity index (χ0n) is 17.4. The van der Waals surface area contributed by atoms with Crippen molar-refractivity contribution >= 4 is 0 Å². The Bertz CT molecular complexity index is 1070. The molecule has 0 bridgehead atoms. The van der Waals surface area contributed by atoms with Crippen LogP contribution in [-0.2, 0) is 17.7 Å². The van der Waals surface area contributed by atoms with E-state index in [9.17, 15) is 0 Å². The summed E-state index contributed by atoms with van der Waals surface area (Å²) in [5, 5.41) is 0. The Morgan fingerprint density at radius 3 is 2.53 bits per heavy atom. The molecule has 0 spiro atoms. The number of rotatable bonds is 2. The van der Waals surface area contributed by atoms with Crippen molar-refractivity contribution in [2.75, 3.05) is 20.1 Å². The highest BCUT2D eigenvalue weighted by Crippen LogP contribution is 2.34. The second kappa shape index (κ2) is 8.47. The topological polar surface area (TPSA) is 30.3 Å². The molecule has 4 nitrogen and oxygen atoms in total. The second-order valence-electron chi connectivity index (χ2n) is 8.26. The zero-order chi connectivity index (χ0) is 20.3. The molecule has 2 aliphatic rings. The molecule has 0 N–H and O–H groups in total. The molecule has 1 unspecified atom stereocenters. The van der Waals surface area contributed by atoms with Gasteiger partial charge >= 0.3 is 0 Å². The minimum atomic E-state index is -0.135. The fraction of sp³-hybridized carbons (Fsp3) is 0.346. The monoisotopic (exact) mass is 397 g/mol. The number of benzene rings is 2. The quantitative estimate of drug-likeness (QED) is 0.612. The van der Waals surface area contributed by atoms with E-state index in [1.807, 2.05) is 30.3 Å². The molecule has 2 aliphatic heterocycles. The van der Waals surface area contributed by atoms with Crippen LogP contribution in [0.5, 0.6) is 0 Å². The summed E-state index contributed by atoms with van der Waals surface area (Å²) in [5.41, 5.74) is 4.43. The van der Waals surface area contributed by atoms with E-state index in [-0.39, 0.29) is 12.2 Å². The number of imidazole rings is 1. The fourth-order valence-corrected chi connectivity index (χ4v) is 4.38. The molecule has 0 amide bonds. The summed E-state index contributed by atoms with van der Waals surface area (Å²) in [6.07, 6.45) is 5.33. The van der Waals surface area contributed by atoms with Crippen molar-refractivity contribution < 1.29 is 4.74 Å². The highest BCUT2D eigenvalue weighted by atomic mass is 16.5. The van der Waals surface area contributed by atoms with Gasteiger partial charge in [0.15, 0.2) is 0 Å². The van der Waals surface area contributed by atoms with Crippen LogP contribution in [0.25, 0.3) is 0 Å². The van der Waals surface area contributed by atoms with E-state index in [2.05, 4.69) is 58.8 Å². The minimum absolute atomic E-state index is 0.135. The normalized spacial score (nSPS) is 19.3. The molecule has 30 heavy (non-hydrogen) atoms. The van der Waals surface area contributed by atoms with Crippen molar-refractivity contribution in [3.05, 3.63) is 89.0 Å². The van der Waals surface area contributed by atoms with Crippen molar-refractivity contribution in [1.29, 1.82) is 0 Å². The van der Waals surface area contributed by atoms with Gasteiger partial charge in [0.1, 0.15) is 17.6 Å². The van der Waals surface area contributed by atoms with Gasteiger partial charge < -0.3 is 14.2 Å². The van der Waals surface area contributed by atoms with E-state index in [4.69, 9.17) is 9.72 Å². The van der Waals surface area contributed by atoms with Gasteiger partial charge in [-0.15, -0.1) is 0 Å². The average molecular weight is 398 g/mol. The molecule has 1 atom stereocenters. The fourth-order valence-electron chi connectivity index (χ4n) is 4.38. The van der Waals surface area contributed by atoms with Crippen LogP contribution in [0.3, 0.4) is 0 Å². The molecular formula is C26H27N3O. The molecule has 0 radical (unpaired) electrons. The van der Waals surface area contributed by atoms with Crippen molar-refractivity contribution in [2.45, 2.75) is 38.0 Å². The first-order chi connectivity index (χ1) is 14.8. The van der Waals surface area contributed by atoms with Gasteiger partial charge in [-0.3, -0.25) is 0 Å². The second-order valence-corrected chi connectivity index (χ2v) is 8.26.